The molecule has 0 aromatic heterocycles. The van der Waals surface area contributed by atoms with Gasteiger partial charge in [-0.3, -0.25) is 4.79 Å². The van der Waals surface area contributed by atoms with Crippen LogP contribution in [0, 0.1) is 0 Å². The van der Waals surface area contributed by atoms with Crippen LogP contribution in [0.2, 0.25) is 0 Å². The van der Waals surface area contributed by atoms with Crippen molar-refractivity contribution in [1.29, 1.82) is 0 Å². The average Bonchev–Trinajstić information content (AvgIpc) is 2.36. The minimum absolute atomic E-state index is 0.0382. The number of nitrogens with one attached hydrogen (secondary N) is 1. The minimum Gasteiger partial charge on any atom is -0.494 e. The van der Waals surface area contributed by atoms with Gasteiger partial charge in [0.15, 0.2) is 0 Å². The number of rotatable bonds is 8. The van der Waals surface area contributed by atoms with Crippen molar-refractivity contribution in [2.75, 3.05) is 20.3 Å². The second kappa shape index (κ2) is 8.53. The summed E-state index contributed by atoms with van der Waals surface area (Å²) in [5, 5.41) is 2.86. The van der Waals surface area contributed by atoms with Crippen molar-refractivity contribution in [2.24, 2.45) is 0 Å². The fourth-order valence-electron chi connectivity index (χ4n) is 1.58. The van der Waals surface area contributed by atoms with Gasteiger partial charge in [-0.1, -0.05) is 18.2 Å². The fraction of sp³-hybridized carbons (Fsp3) is 0.500. The number of methoxy groups -OCH3 is 1. The second-order valence-electron chi connectivity index (χ2n) is 4.19. The molecular weight excluding hydrogens is 230 g/mol. The first-order valence-electron chi connectivity index (χ1n) is 6.18. The summed E-state index contributed by atoms with van der Waals surface area (Å²) in [6, 6.07) is 9.65. The molecule has 0 bridgehead atoms. The zero-order valence-corrected chi connectivity index (χ0v) is 11.0. The van der Waals surface area contributed by atoms with Crippen LogP contribution in [0.15, 0.2) is 30.3 Å². The number of amides is 1. The summed E-state index contributed by atoms with van der Waals surface area (Å²) in [6.45, 7) is 3.00. The van der Waals surface area contributed by atoms with E-state index in [-0.39, 0.29) is 11.9 Å². The first-order chi connectivity index (χ1) is 8.72. The van der Waals surface area contributed by atoms with Gasteiger partial charge in [0.2, 0.25) is 5.91 Å². The Labute approximate surface area is 108 Å². The van der Waals surface area contributed by atoms with Crippen molar-refractivity contribution in [3.8, 4) is 5.75 Å². The lowest BCUT2D eigenvalue weighted by Gasteiger charge is -2.12. The number of carbonyl (C=O) groups is 1. The van der Waals surface area contributed by atoms with Gasteiger partial charge in [-0.15, -0.1) is 0 Å². The maximum atomic E-state index is 11.5. The van der Waals surface area contributed by atoms with Crippen LogP contribution in [0.25, 0.3) is 0 Å². The Hall–Kier alpha value is -1.55. The van der Waals surface area contributed by atoms with Crippen molar-refractivity contribution >= 4 is 5.91 Å². The third-order valence-corrected chi connectivity index (χ3v) is 2.38. The van der Waals surface area contributed by atoms with Gasteiger partial charge in [-0.05, 0) is 25.5 Å². The summed E-state index contributed by atoms with van der Waals surface area (Å²) in [5.74, 6) is 0.877. The second-order valence-corrected chi connectivity index (χ2v) is 4.19. The zero-order chi connectivity index (χ0) is 13.2. The molecule has 1 N–H and O–H groups in total. The summed E-state index contributed by atoms with van der Waals surface area (Å²) < 4.78 is 10.5. The van der Waals surface area contributed by atoms with E-state index >= 15 is 0 Å². The Balaban J connectivity index is 2.09. The minimum atomic E-state index is 0.0382. The molecule has 0 saturated carbocycles. The van der Waals surface area contributed by atoms with Gasteiger partial charge in [-0.25, -0.2) is 0 Å². The van der Waals surface area contributed by atoms with Crippen molar-refractivity contribution in [3.05, 3.63) is 30.3 Å². The molecular formula is C14H21NO3. The predicted molar refractivity (Wildman–Crippen MR) is 70.7 cm³/mol. The quantitative estimate of drug-likeness (QED) is 0.719. The topological polar surface area (TPSA) is 47.6 Å². The number of carbonyl (C=O) groups excluding carboxylic acids is 1. The molecule has 1 amide bonds. The van der Waals surface area contributed by atoms with Crippen LogP contribution in [0.3, 0.4) is 0 Å². The van der Waals surface area contributed by atoms with E-state index in [4.69, 9.17) is 9.47 Å². The van der Waals surface area contributed by atoms with Crippen LogP contribution < -0.4 is 10.1 Å². The molecule has 0 spiro atoms. The average molecular weight is 251 g/mol. The lowest BCUT2D eigenvalue weighted by Crippen LogP contribution is -2.35. The maximum absolute atomic E-state index is 11.5. The lowest BCUT2D eigenvalue weighted by molar-refractivity contribution is -0.122. The normalized spacial score (nSPS) is 11.9. The Kier molecular flexibility index (Phi) is 6.87. The van der Waals surface area contributed by atoms with Crippen LogP contribution in [0.5, 0.6) is 5.75 Å². The summed E-state index contributed by atoms with van der Waals surface area (Å²) in [7, 11) is 1.62. The Morgan fingerprint density at radius 3 is 2.72 bits per heavy atom. The van der Waals surface area contributed by atoms with Crippen molar-refractivity contribution in [3.63, 3.8) is 0 Å². The number of para-hydroxylation sites is 1. The number of hydrogen-bond donors (Lipinski definition) is 1. The third kappa shape index (κ3) is 6.25. The Morgan fingerprint density at radius 1 is 1.33 bits per heavy atom. The van der Waals surface area contributed by atoms with E-state index < -0.39 is 0 Å². The molecule has 1 aromatic rings. The SMILES string of the molecule is COC[C@H](C)NC(=O)CCCOc1ccccc1. The molecule has 4 heteroatoms. The highest BCUT2D eigenvalue weighted by Crippen LogP contribution is 2.08. The van der Waals surface area contributed by atoms with E-state index in [0.29, 0.717) is 26.1 Å². The van der Waals surface area contributed by atoms with E-state index in [2.05, 4.69) is 5.32 Å². The maximum Gasteiger partial charge on any atom is 0.220 e. The molecule has 1 rings (SSSR count). The molecule has 100 valence electrons. The van der Waals surface area contributed by atoms with Gasteiger partial charge in [0.1, 0.15) is 5.75 Å². The van der Waals surface area contributed by atoms with E-state index in [0.717, 1.165) is 5.75 Å². The van der Waals surface area contributed by atoms with Gasteiger partial charge in [0.05, 0.1) is 13.2 Å². The van der Waals surface area contributed by atoms with Gasteiger partial charge in [0, 0.05) is 19.6 Å². The van der Waals surface area contributed by atoms with Gasteiger partial charge < -0.3 is 14.8 Å². The third-order valence-electron chi connectivity index (χ3n) is 2.38. The van der Waals surface area contributed by atoms with Crippen LogP contribution >= 0.6 is 0 Å². The van der Waals surface area contributed by atoms with Crippen molar-refractivity contribution < 1.29 is 14.3 Å². The summed E-state index contributed by atoms with van der Waals surface area (Å²) in [6.07, 6.45) is 1.18. The van der Waals surface area contributed by atoms with E-state index in [1.165, 1.54) is 0 Å². The Bertz CT molecular complexity index is 340. The van der Waals surface area contributed by atoms with Crippen LogP contribution in [-0.2, 0) is 9.53 Å². The van der Waals surface area contributed by atoms with E-state index in [9.17, 15) is 4.79 Å². The van der Waals surface area contributed by atoms with Crippen LogP contribution in [0.1, 0.15) is 19.8 Å². The number of benzene rings is 1. The largest absolute Gasteiger partial charge is 0.494 e. The molecule has 1 atom stereocenters. The van der Waals surface area contributed by atoms with Crippen LogP contribution in [0.4, 0.5) is 0 Å². The fourth-order valence-corrected chi connectivity index (χ4v) is 1.58. The molecule has 0 heterocycles. The summed E-state index contributed by atoms with van der Waals surface area (Å²) >= 11 is 0. The van der Waals surface area contributed by atoms with E-state index in [1.807, 2.05) is 37.3 Å². The smallest absolute Gasteiger partial charge is 0.220 e. The first kappa shape index (κ1) is 14.5. The van der Waals surface area contributed by atoms with Gasteiger partial charge in [0.25, 0.3) is 0 Å². The van der Waals surface area contributed by atoms with Gasteiger partial charge in [-0.2, -0.15) is 0 Å². The standard InChI is InChI=1S/C14H21NO3/c1-12(11-17-2)15-14(16)9-6-10-18-13-7-4-3-5-8-13/h3-5,7-8,12H,6,9-11H2,1-2H3,(H,15,16)/t12-/m0/s1. The van der Waals surface area contributed by atoms with E-state index in [1.54, 1.807) is 7.11 Å². The molecule has 4 nitrogen and oxygen atoms in total. The highest BCUT2D eigenvalue weighted by molar-refractivity contribution is 5.76. The molecule has 0 aliphatic heterocycles. The van der Waals surface area contributed by atoms with Gasteiger partial charge >= 0.3 is 0 Å². The molecule has 18 heavy (non-hydrogen) atoms. The lowest BCUT2D eigenvalue weighted by atomic mass is 10.2. The van der Waals surface area contributed by atoms with Crippen molar-refractivity contribution in [1.82, 2.24) is 5.32 Å². The Morgan fingerprint density at radius 2 is 2.06 bits per heavy atom. The summed E-state index contributed by atoms with van der Waals surface area (Å²) in [5.41, 5.74) is 0. The van der Waals surface area contributed by atoms with Crippen LogP contribution in [-0.4, -0.2) is 32.3 Å². The summed E-state index contributed by atoms with van der Waals surface area (Å²) in [4.78, 5) is 11.5. The molecule has 0 saturated heterocycles. The zero-order valence-electron chi connectivity index (χ0n) is 11.0. The highest BCUT2D eigenvalue weighted by Gasteiger charge is 2.06. The molecule has 0 fully saturated rings. The first-order valence-corrected chi connectivity index (χ1v) is 6.18. The molecule has 0 aliphatic rings. The monoisotopic (exact) mass is 251 g/mol. The molecule has 0 unspecified atom stereocenters. The number of ether oxygens (including phenoxy) is 2. The molecule has 0 radical (unpaired) electrons. The molecule has 0 aliphatic carbocycles. The number of hydrogen-bond acceptors (Lipinski definition) is 3. The molecule has 1 aromatic carbocycles. The highest BCUT2D eigenvalue weighted by atomic mass is 16.5. The van der Waals surface area contributed by atoms with Crippen molar-refractivity contribution in [2.45, 2.75) is 25.8 Å². The predicted octanol–water partition coefficient (Wildman–Crippen LogP) is 2.00.